The van der Waals surface area contributed by atoms with Crippen molar-refractivity contribution in [1.82, 2.24) is 20.1 Å². The molecule has 0 radical (unpaired) electrons. The minimum Gasteiger partial charge on any atom is -0.378 e. The van der Waals surface area contributed by atoms with Crippen molar-refractivity contribution in [3.05, 3.63) is 23.5 Å². The number of hydrogen-bond donors (Lipinski definition) is 1. The van der Waals surface area contributed by atoms with Gasteiger partial charge in [-0.1, -0.05) is 27.7 Å². The van der Waals surface area contributed by atoms with Crippen LogP contribution in [0.3, 0.4) is 0 Å². The Kier molecular flexibility index (Phi) is 7.81. The number of fused-ring (bicyclic) bond motifs is 1. The van der Waals surface area contributed by atoms with Gasteiger partial charge in [-0.25, -0.2) is 8.78 Å². The van der Waals surface area contributed by atoms with Gasteiger partial charge in [0.05, 0.1) is 31.1 Å². The quantitative estimate of drug-likeness (QED) is 0.630. The second kappa shape index (κ2) is 10.4. The molecule has 0 spiro atoms. The second-order valence-corrected chi connectivity index (χ2v) is 11.0. The SMILES string of the molecule is CC[C@@H]1COCCN1C[C@H]1CN[C@H](C)CN1CC(=O)N1CC(C)(C)c2ncc(C(F)(F)CC)cc21. The third kappa shape index (κ3) is 5.53. The second-order valence-electron chi connectivity index (χ2n) is 11.0. The van der Waals surface area contributed by atoms with E-state index in [9.17, 15) is 13.6 Å². The number of aromatic nitrogens is 1. The third-order valence-corrected chi connectivity index (χ3v) is 7.85. The van der Waals surface area contributed by atoms with E-state index in [-0.39, 0.29) is 41.9 Å². The summed E-state index contributed by atoms with van der Waals surface area (Å²) < 4.78 is 34.6. The van der Waals surface area contributed by atoms with E-state index in [1.807, 2.05) is 13.8 Å². The summed E-state index contributed by atoms with van der Waals surface area (Å²) in [7, 11) is 0. The van der Waals surface area contributed by atoms with Crippen molar-refractivity contribution in [3.63, 3.8) is 0 Å². The van der Waals surface area contributed by atoms with Gasteiger partial charge in [0.2, 0.25) is 5.91 Å². The number of halogens is 2. The molecule has 196 valence electrons. The molecule has 3 aliphatic rings. The highest BCUT2D eigenvalue weighted by molar-refractivity contribution is 5.97. The number of amides is 1. The van der Waals surface area contributed by atoms with Crippen molar-refractivity contribution in [3.8, 4) is 0 Å². The number of hydrogen-bond acceptors (Lipinski definition) is 6. The number of anilines is 1. The van der Waals surface area contributed by atoms with Crippen LogP contribution in [0.1, 0.15) is 58.7 Å². The monoisotopic (exact) mass is 493 g/mol. The molecule has 1 amide bonds. The Morgan fingerprint density at radius 1 is 1.29 bits per heavy atom. The van der Waals surface area contributed by atoms with E-state index in [0.717, 1.165) is 45.8 Å². The van der Waals surface area contributed by atoms with Gasteiger partial charge in [0.1, 0.15) is 0 Å². The molecule has 2 saturated heterocycles. The van der Waals surface area contributed by atoms with Crippen molar-refractivity contribution in [1.29, 1.82) is 0 Å². The maximum absolute atomic E-state index is 14.5. The van der Waals surface area contributed by atoms with Crippen LogP contribution in [0.15, 0.2) is 12.3 Å². The van der Waals surface area contributed by atoms with Gasteiger partial charge in [0, 0.05) is 74.4 Å². The Morgan fingerprint density at radius 3 is 2.77 bits per heavy atom. The Labute approximate surface area is 208 Å². The fourth-order valence-electron chi connectivity index (χ4n) is 5.60. The molecule has 1 aromatic rings. The van der Waals surface area contributed by atoms with Gasteiger partial charge in [-0.2, -0.15) is 0 Å². The number of carbonyl (C=O) groups is 1. The van der Waals surface area contributed by atoms with Crippen LogP contribution in [-0.2, 0) is 20.9 Å². The Bertz CT molecular complexity index is 912. The lowest BCUT2D eigenvalue weighted by atomic mass is 9.91. The van der Waals surface area contributed by atoms with Crippen LogP contribution in [0.4, 0.5) is 14.5 Å². The van der Waals surface area contributed by atoms with E-state index in [2.05, 4.69) is 33.9 Å². The van der Waals surface area contributed by atoms with Crippen molar-refractivity contribution < 1.29 is 18.3 Å². The number of alkyl halides is 2. The van der Waals surface area contributed by atoms with Crippen LogP contribution >= 0.6 is 0 Å². The van der Waals surface area contributed by atoms with Crippen LogP contribution in [0.2, 0.25) is 0 Å². The van der Waals surface area contributed by atoms with E-state index < -0.39 is 5.92 Å². The molecular weight excluding hydrogens is 452 g/mol. The number of ether oxygens (including phenoxy) is 1. The number of nitrogens with one attached hydrogen (secondary N) is 1. The lowest BCUT2D eigenvalue weighted by Crippen LogP contribution is -2.62. The molecule has 1 N–H and O–H groups in total. The highest BCUT2D eigenvalue weighted by atomic mass is 19.3. The first-order chi connectivity index (χ1) is 16.6. The molecule has 35 heavy (non-hydrogen) atoms. The van der Waals surface area contributed by atoms with E-state index in [1.165, 1.54) is 19.2 Å². The van der Waals surface area contributed by atoms with E-state index in [1.54, 1.807) is 4.90 Å². The molecule has 0 aliphatic carbocycles. The van der Waals surface area contributed by atoms with Crippen LogP contribution in [0.5, 0.6) is 0 Å². The minimum absolute atomic E-state index is 0.0521. The number of carbonyl (C=O) groups excluding carboxylic acids is 1. The molecule has 4 rings (SSSR count). The van der Waals surface area contributed by atoms with Crippen LogP contribution in [-0.4, -0.2) is 91.3 Å². The predicted molar refractivity (Wildman–Crippen MR) is 133 cm³/mol. The summed E-state index contributed by atoms with van der Waals surface area (Å²) in [6.07, 6.45) is 2.01. The lowest BCUT2D eigenvalue weighted by Gasteiger charge is -2.44. The first kappa shape index (κ1) is 26.4. The Hall–Kier alpha value is -1.68. The molecule has 2 fully saturated rings. The molecule has 1 aromatic heterocycles. The Morgan fingerprint density at radius 2 is 2.06 bits per heavy atom. The van der Waals surface area contributed by atoms with Gasteiger partial charge in [-0.05, 0) is 19.4 Å². The Balaban J connectivity index is 1.53. The molecule has 9 heteroatoms. The first-order valence-corrected chi connectivity index (χ1v) is 13.0. The number of rotatable bonds is 7. The van der Waals surface area contributed by atoms with Crippen molar-refractivity contribution in [2.75, 3.05) is 57.4 Å². The van der Waals surface area contributed by atoms with Crippen LogP contribution in [0, 0.1) is 0 Å². The minimum atomic E-state index is -2.96. The average molecular weight is 494 g/mol. The fourth-order valence-corrected chi connectivity index (χ4v) is 5.60. The molecule has 0 aromatic carbocycles. The molecular formula is C26H41F2N5O2. The van der Waals surface area contributed by atoms with Gasteiger partial charge in [-0.15, -0.1) is 0 Å². The zero-order valence-electron chi connectivity index (χ0n) is 21.8. The highest BCUT2D eigenvalue weighted by Crippen LogP contribution is 2.42. The number of morpholine rings is 1. The van der Waals surface area contributed by atoms with Gasteiger partial charge >= 0.3 is 0 Å². The molecule has 3 aliphatic heterocycles. The van der Waals surface area contributed by atoms with Gasteiger partial charge in [0.25, 0.3) is 5.92 Å². The standard InChI is InChI=1S/C26H41F2N5O2/c1-6-20-16-35-9-8-31(20)14-21-12-29-18(3)13-32(21)15-23(34)33-17-25(4,5)24-22(33)10-19(11-30-24)26(27,28)7-2/h10-11,18,20-21,29H,6-9,12-17H2,1-5H3/t18-,20-,21-/m1/s1. The number of piperazine rings is 1. The van der Waals surface area contributed by atoms with Gasteiger partial charge in [-0.3, -0.25) is 19.6 Å². The summed E-state index contributed by atoms with van der Waals surface area (Å²) in [5, 5.41) is 3.57. The van der Waals surface area contributed by atoms with Crippen LogP contribution in [0.25, 0.3) is 0 Å². The summed E-state index contributed by atoms with van der Waals surface area (Å²) in [5.41, 5.74) is 0.736. The molecule has 7 nitrogen and oxygen atoms in total. The summed E-state index contributed by atoms with van der Waals surface area (Å²) in [6.45, 7) is 15.4. The average Bonchev–Trinajstić information content (AvgIpc) is 3.11. The van der Waals surface area contributed by atoms with Gasteiger partial charge < -0.3 is 15.0 Å². The molecule has 0 unspecified atom stereocenters. The molecule has 0 saturated carbocycles. The highest BCUT2D eigenvalue weighted by Gasteiger charge is 2.42. The molecule has 4 heterocycles. The first-order valence-electron chi connectivity index (χ1n) is 13.0. The maximum atomic E-state index is 14.5. The smallest absolute Gasteiger partial charge is 0.274 e. The normalized spacial score (nSPS) is 27.7. The van der Waals surface area contributed by atoms with Crippen molar-refractivity contribution in [2.45, 2.75) is 76.9 Å². The lowest BCUT2D eigenvalue weighted by molar-refractivity contribution is -0.121. The van der Waals surface area contributed by atoms with E-state index >= 15 is 0 Å². The fraction of sp³-hybridized carbons (Fsp3) is 0.769. The number of nitrogens with zero attached hydrogens (tertiary/aromatic N) is 4. The predicted octanol–water partition coefficient (Wildman–Crippen LogP) is 2.98. The zero-order valence-corrected chi connectivity index (χ0v) is 21.8. The van der Waals surface area contributed by atoms with E-state index in [4.69, 9.17) is 4.74 Å². The summed E-state index contributed by atoms with van der Waals surface area (Å²) in [6, 6.07) is 2.36. The topological polar surface area (TPSA) is 60.9 Å². The van der Waals surface area contributed by atoms with Gasteiger partial charge in [0.15, 0.2) is 0 Å². The molecule has 0 bridgehead atoms. The summed E-state index contributed by atoms with van der Waals surface area (Å²) >= 11 is 0. The van der Waals surface area contributed by atoms with Crippen LogP contribution < -0.4 is 10.2 Å². The molecule has 3 atom stereocenters. The maximum Gasteiger partial charge on any atom is 0.274 e. The number of pyridine rings is 1. The van der Waals surface area contributed by atoms with E-state index in [0.29, 0.717) is 24.0 Å². The van der Waals surface area contributed by atoms with Crippen molar-refractivity contribution in [2.24, 2.45) is 0 Å². The zero-order chi connectivity index (χ0) is 25.4. The summed E-state index contributed by atoms with van der Waals surface area (Å²) in [5.74, 6) is -3.01. The van der Waals surface area contributed by atoms with Crippen molar-refractivity contribution >= 4 is 11.6 Å². The third-order valence-electron chi connectivity index (χ3n) is 7.85. The largest absolute Gasteiger partial charge is 0.378 e. The summed E-state index contributed by atoms with van der Waals surface area (Å²) in [4.78, 5) is 24.5.